The van der Waals surface area contributed by atoms with Crippen molar-refractivity contribution < 1.29 is 23.9 Å². The Balaban J connectivity index is 1.63. The van der Waals surface area contributed by atoms with Crippen LogP contribution >= 0.6 is 11.3 Å². The standard InChI is InChI=1S/C31H27N3O7S/c1-38-23-12-10-18(13-24(23)39-2)29-21-11-9-17-7-5-6-8-20(17)28(21)32-31-33(29)30(35)27(42-31)15-19-14-25(40-3)26(41-4)16-22(19)34(36)37/h5-8,10,12-16,29H,9,11H2,1-4H3/b27-15-/t29-/m0/s1. The van der Waals surface area contributed by atoms with Crippen LogP contribution in [-0.4, -0.2) is 37.9 Å². The zero-order valence-electron chi connectivity index (χ0n) is 23.4. The number of nitro groups is 1. The van der Waals surface area contributed by atoms with Crippen molar-refractivity contribution in [3.05, 3.63) is 112 Å². The van der Waals surface area contributed by atoms with Gasteiger partial charge in [0.2, 0.25) is 0 Å². The van der Waals surface area contributed by atoms with Gasteiger partial charge in [0, 0.05) is 5.56 Å². The molecule has 0 fully saturated rings. The first-order chi connectivity index (χ1) is 20.4. The molecule has 0 spiro atoms. The number of aryl methyl sites for hydroxylation is 1. The molecule has 1 aliphatic carbocycles. The van der Waals surface area contributed by atoms with Crippen molar-refractivity contribution in [2.24, 2.45) is 4.99 Å². The average molecular weight is 586 g/mol. The summed E-state index contributed by atoms with van der Waals surface area (Å²) in [7, 11) is 6.01. The molecule has 0 N–H and O–H groups in total. The predicted molar refractivity (Wildman–Crippen MR) is 158 cm³/mol. The van der Waals surface area contributed by atoms with Gasteiger partial charge in [0.1, 0.15) is 0 Å². The van der Waals surface area contributed by atoms with Crippen LogP contribution in [0.5, 0.6) is 23.0 Å². The fourth-order valence-electron chi connectivity index (χ4n) is 5.64. The summed E-state index contributed by atoms with van der Waals surface area (Å²) in [5.41, 5.74) is 4.68. The molecule has 42 heavy (non-hydrogen) atoms. The molecule has 4 aromatic rings. The summed E-state index contributed by atoms with van der Waals surface area (Å²) in [5, 5.41) is 12.0. The number of methoxy groups -OCH3 is 4. The van der Waals surface area contributed by atoms with Crippen LogP contribution in [0.2, 0.25) is 0 Å². The van der Waals surface area contributed by atoms with E-state index in [0.717, 1.165) is 35.2 Å². The molecule has 214 valence electrons. The molecule has 1 aromatic heterocycles. The molecule has 0 saturated carbocycles. The highest BCUT2D eigenvalue weighted by Gasteiger charge is 2.33. The second-order valence-corrected chi connectivity index (χ2v) is 10.8. The lowest BCUT2D eigenvalue weighted by Gasteiger charge is -2.31. The van der Waals surface area contributed by atoms with Gasteiger partial charge in [-0.2, -0.15) is 0 Å². The Labute approximate surface area is 244 Å². The number of ether oxygens (including phenoxy) is 4. The minimum atomic E-state index is -0.507. The van der Waals surface area contributed by atoms with E-state index in [-0.39, 0.29) is 22.6 Å². The molecule has 3 aromatic carbocycles. The van der Waals surface area contributed by atoms with Crippen LogP contribution in [-0.2, 0) is 6.42 Å². The van der Waals surface area contributed by atoms with E-state index in [4.69, 9.17) is 23.9 Å². The highest BCUT2D eigenvalue weighted by atomic mass is 32.1. The van der Waals surface area contributed by atoms with Gasteiger partial charge in [-0.15, -0.1) is 0 Å². The Bertz CT molecular complexity index is 1960. The van der Waals surface area contributed by atoms with Gasteiger partial charge in [-0.1, -0.05) is 41.7 Å². The van der Waals surface area contributed by atoms with Gasteiger partial charge in [0.25, 0.3) is 11.2 Å². The maximum absolute atomic E-state index is 14.1. The van der Waals surface area contributed by atoms with Crippen LogP contribution in [0.4, 0.5) is 5.69 Å². The Morgan fingerprint density at radius 2 is 1.62 bits per heavy atom. The second kappa shape index (κ2) is 10.8. The third-order valence-corrected chi connectivity index (χ3v) is 8.60. The fourth-order valence-corrected chi connectivity index (χ4v) is 6.64. The first-order valence-corrected chi connectivity index (χ1v) is 14.0. The lowest BCUT2D eigenvalue weighted by molar-refractivity contribution is -0.385. The highest BCUT2D eigenvalue weighted by molar-refractivity contribution is 7.07. The average Bonchev–Trinajstić information content (AvgIpc) is 3.32. The minimum absolute atomic E-state index is 0.205. The molecule has 0 unspecified atom stereocenters. The largest absolute Gasteiger partial charge is 0.493 e. The molecule has 0 saturated heterocycles. The zero-order chi connectivity index (χ0) is 29.5. The molecule has 6 rings (SSSR count). The third kappa shape index (κ3) is 4.42. The van der Waals surface area contributed by atoms with Gasteiger partial charge in [-0.05, 0) is 53.8 Å². The number of nitrogens with zero attached hydrogens (tertiary/aromatic N) is 3. The van der Waals surface area contributed by atoms with Crippen LogP contribution in [0, 0.1) is 10.1 Å². The van der Waals surface area contributed by atoms with Crippen molar-refractivity contribution in [1.29, 1.82) is 0 Å². The van der Waals surface area contributed by atoms with Crippen molar-refractivity contribution in [3.8, 4) is 23.0 Å². The first kappa shape index (κ1) is 27.3. The van der Waals surface area contributed by atoms with Crippen LogP contribution in [0.15, 0.2) is 70.0 Å². The summed E-state index contributed by atoms with van der Waals surface area (Å²) in [5.74, 6) is 1.67. The summed E-state index contributed by atoms with van der Waals surface area (Å²) >= 11 is 1.19. The Kier molecular flexibility index (Phi) is 7.03. The number of fused-ring (bicyclic) bond motifs is 3. The normalized spacial score (nSPS) is 15.7. The van der Waals surface area contributed by atoms with E-state index in [0.29, 0.717) is 26.6 Å². The lowest BCUT2D eigenvalue weighted by Crippen LogP contribution is -2.38. The second-order valence-electron chi connectivity index (χ2n) is 9.75. The van der Waals surface area contributed by atoms with Crippen LogP contribution in [0.1, 0.15) is 34.7 Å². The number of rotatable bonds is 7. The van der Waals surface area contributed by atoms with Crippen LogP contribution in [0.3, 0.4) is 0 Å². The third-order valence-electron chi connectivity index (χ3n) is 7.61. The van der Waals surface area contributed by atoms with E-state index in [9.17, 15) is 14.9 Å². The van der Waals surface area contributed by atoms with Crippen LogP contribution in [0.25, 0.3) is 11.8 Å². The number of benzene rings is 3. The summed E-state index contributed by atoms with van der Waals surface area (Å²) < 4.78 is 23.7. The van der Waals surface area contributed by atoms with E-state index in [1.807, 2.05) is 30.3 Å². The number of allylic oxidation sites excluding steroid dienone is 1. The van der Waals surface area contributed by atoms with E-state index in [2.05, 4.69) is 12.1 Å². The SMILES string of the molecule is COc1ccc([C@H]2C3=C(N=c4s/c(=C\c5cc(OC)c(OC)cc5[N+](=O)[O-])c(=O)n42)c2ccccc2CC3)cc1OC. The Morgan fingerprint density at radius 3 is 2.33 bits per heavy atom. The Hall–Kier alpha value is -4.90. The topological polar surface area (TPSA) is 114 Å². The Morgan fingerprint density at radius 1 is 0.929 bits per heavy atom. The molecule has 0 bridgehead atoms. The quantitative estimate of drug-likeness (QED) is 0.235. The smallest absolute Gasteiger partial charge is 0.280 e. The van der Waals surface area contributed by atoms with E-state index in [1.165, 1.54) is 49.3 Å². The molecule has 1 aliphatic heterocycles. The van der Waals surface area contributed by atoms with Crippen molar-refractivity contribution in [2.75, 3.05) is 28.4 Å². The van der Waals surface area contributed by atoms with Gasteiger partial charge in [0.15, 0.2) is 27.8 Å². The monoisotopic (exact) mass is 585 g/mol. The van der Waals surface area contributed by atoms with Gasteiger partial charge < -0.3 is 18.9 Å². The van der Waals surface area contributed by atoms with E-state index in [1.54, 1.807) is 18.8 Å². The molecular formula is C31H27N3O7S. The molecule has 2 aliphatic rings. The number of hydrogen-bond donors (Lipinski definition) is 0. The molecule has 2 heterocycles. The number of hydrogen-bond acceptors (Lipinski definition) is 9. The summed E-state index contributed by atoms with van der Waals surface area (Å²) in [6, 6.07) is 16.2. The molecule has 1 atom stereocenters. The van der Waals surface area contributed by atoms with Gasteiger partial charge in [-0.25, -0.2) is 4.99 Å². The minimum Gasteiger partial charge on any atom is -0.493 e. The molecular weight excluding hydrogens is 558 g/mol. The predicted octanol–water partition coefficient (Wildman–Crippen LogP) is 4.26. The molecule has 0 radical (unpaired) electrons. The van der Waals surface area contributed by atoms with Crippen molar-refractivity contribution >= 4 is 28.8 Å². The lowest BCUT2D eigenvalue weighted by atomic mass is 9.83. The van der Waals surface area contributed by atoms with Crippen molar-refractivity contribution in [2.45, 2.75) is 18.9 Å². The maximum atomic E-state index is 14.1. The molecule has 10 nitrogen and oxygen atoms in total. The highest BCUT2D eigenvalue weighted by Crippen LogP contribution is 2.43. The van der Waals surface area contributed by atoms with E-state index >= 15 is 0 Å². The summed E-state index contributed by atoms with van der Waals surface area (Å²) in [4.78, 5) is 31.1. The number of thiazole rings is 1. The molecule has 11 heteroatoms. The summed E-state index contributed by atoms with van der Waals surface area (Å²) in [6.45, 7) is 0. The maximum Gasteiger partial charge on any atom is 0.280 e. The summed E-state index contributed by atoms with van der Waals surface area (Å²) in [6.07, 6.45) is 3.06. The fraction of sp³-hybridized carbons (Fsp3) is 0.226. The first-order valence-electron chi connectivity index (χ1n) is 13.1. The van der Waals surface area contributed by atoms with Gasteiger partial charge in [0.05, 0.1) is 61.3 Å². The van der Waals surface area contributed by atoms with Crippen molar-refractivity contribution in [3.63, 3.8) is 0 Å². The van der Waals surface area contributed by atoms with E-state index < -0.39 is 11.0 Å². The molecule has 0 amide bonds. The van der Waals surface area contributed by atoms with Crippen LogP contribution < -0.4 is 33.8 Å². The van der Waals surface area contributed by atoms with Gasteiger partial charge in [-0.3, -0.25) is 19.5 Å². The van der Waals surface area contributed by atoms with Crippen molar-refractivity contribution in [1.82, 2.24) is 4.57 Å². The zero-order valence-corrected chi connectivity index (χ0v) is 24.2. The van der Waals surface area contributed by atoms with Gasteiger partial charge >= 0.3 is 0 Å². The number of nitro benzene ring substituents is 1. The number of aromatic nitrogens is 1.